The van der Waals surface area contributed by atoms with Gasteiger partial charge in [-0.2, -0.15) is 0 Å². The van der Waals surface area contributed by atoms with Crippen molar-refractivity contribution in [3.63, 3.8) is 0 Å². The number of nitrogens with zero attached hydrogens (tertiary/aromatic N) is 1. The van der Waals surface area contributed by atoms with E-state index in [2.05, 4.69) is 127 Å². The number of rotatable bonds is 1. The lowest BCUT2D eigenvalue weighted by Gasteiger charge is -2.46. The van der Waals surface area contributed by atoms with Crippen LogP contribution < -0.4 is 25.2 Å². The Hall–Kier alpha value is -6.72. The van der Waals surface area contributed by atoms with Crippen LogP contribution >= 0.6 is 0 Å². The Bertz CT molecular complexity index is 3140. The van der Waals surface area contributed by atoms with E-state index >= 15 is 0 Å². The zero-order valence-corrected chi connectivity index (χ0v) is 29.4. The Morgan fingerprint density at radius 3 is 2.24 bits per heavy atom. The number of hydrogen-bond donors (Lipinski definition) is 0. The molecule has 4 nitrogen and oxygen atoms in total. The van der Waals surface area contributed by atoms with Crippen LogP contribution in [0.25, 0.3) is 55.0 Å². The van der Waals surface area contributed by atoms with Gasteiger partial charge in [0.1, 0.15) is 5.58 Å². The van der Waals surface area contributed by atoms with E-state index < -0.39 is 0 Å². The van der Waals surface area contributed by atoms with Gasteiger partial charge in [-0.05, 0) is 98.8 Å². The smallest absolute Gasteiger partial charge is 0.329 e. The molecule has 1 aromatic heterocycles. The van der Waals surface area contributed by atoms with Crippen LogP contribution in [0.5, 0.6) is 23.0 Å². The normalized spacial score (nSPS) is 15.5. The molecule has 0 spiro atoms. The molecule has 9 aromatic rings. The molecule has 13 rings (SSSR count). The van der Waals surface area contributed by atoms with Gasteiger partial charge in [-0.25, -0.2) is 0 Å². The first kappa shape index (κ1) is 28.8. The van der Waals surface area contributed by atoms with Crippen molar-refractivity contribution >= 4 is 61.9 Å². The summed E-state index contributed by atoms with van der Waals surface area (Å²) in [5.74, 6) is 3.09. The lowest BCUT2D eigenvalue weighted by Crippen LogP contribution is -2.62. The van der Waals surface area contributed by atoms with Crippen LogP contribution in [-0.2, 0) is 6.42 Å². The van der Waals surface area contributed by atoms with Crippen molar-refractivity contribution in [2.75, 3.05) is 4.81 Å². The summed E-state index contributed by atoms with van der Waals surface area (Å²) in [6.45, 7) is 2.13. The van der Waals surface area contributed by atoms with E-state index in [-0.39, 0.29) is 12.8 Å². The summed E-state index contributed by atoms with van der Waals surface area (Å²) in [5, 5.41) is 4.82. The number of fused-ring (bicyclic) bond motifs is 13. The number of hydrogen-bond acceptors (Lipinski definition) is 4. The Morgan fingerprint density at radius 1 is 0.593 bits per heavy atom. The van der Waals surface area contributed by atoms with Crippen molar-refractivity contribution in [1.29, 1.82) is 0 Å². The van der Waals surface area contributed by atoms with E-state index in [1.165, 1.54) is 60.6 Å². The topological polar surface area (TPSA) is 34.8 Å². The minimum absolute atomic E-state index is 0.112. The van der Waals surface area contributed by atoms with Gasteiger partial charge in [-0.1, -0.05) is 115 Å². The second-order valence-electron chi connectivity index (χ2n) is 15.2. The van der Waals surface area contributed by atoms with E-state index in [1.807, 2.05) is 30.3 Å². The lowest BCUT2D eigenvalue weighted by atomic mass is 9.39. The third kappa shape index (κ3) is 3.68. The predicted octanol–water partition coefficient (Wildman–Crippen LogP) is 11.5. The Morgan fingerprint density at radius 2 is 1.35 bits per heavy atom. The summed E-state index contributed by atoms with van der Waals surface area (Å²) in [5.41, 5.74) is 17.2. The second kappa shape index (κ2) is 10.2. The minimum atomic E-state index is -0.112. The molecule has 0 fully saturated rings. The zero-order valence-electron chi connectivity index (χ0n) is 29.4. The highest BCUT2D eigenvalue weighted by Gasteiger charge is 2.48. The molecule has 0 saturated carbocycles. The average Bonchev–Trinajstić information content (AvgIpc) is 3.60. The molecule has 1 unspecified atom stereocenters. The Balaban J connectivity index is 1.15. The first-order valence-electron chi connectivity index (χ1n) is 18.8. The summed E-state index contributed by atoms with van der Waals surface area (Å²) >= 11 is 0. The molecule has 8 aromatic carbocycles. The van der Waals surface area contributed by atoms with Crippen LogP contribution in [0.2, 0.25) is 0 Å². The molecule has 0 saturated heterocycles. The van der Waals surface area contributed by atoms with E-state index in [4.69, 9.17) is 13.9 Å². The molecule has 4 aliphatic rings. The maximum atomic E-state index is 6.82. The molecule has 5 heteroatoms. The minimum Gasteiger partial charge on any atom is -0.454 e. The van der Waals surface area contributed by atoms with Gasteiger partial charge >= 0.3 is 6.85 Å². The van der Waals surface area contributed by atoms with Crippen LogP contribution in [0.4, 0.5) is 11.4 Å². The number of aryl methyl sites for hydroxylation is 1. The summed E-state index contributed by atoms with van der Waals surface area (Å²) in [6.07, 6.45) is 0.955. The fourth-order valence-corrected chi connectivity index (χ4v) is 10.2. The van der Waals surface area contributed by atoms with Crippen molar-refractivity contribution in [1.82, 2.24) is 0 Å². The van der Waals surface area contributed by atoms with Crippen molar-refractivity contribution in [3.05, 3.63) is 168 Å². The van der Waals surface area contributed by atoms with Crippen molar-refractivity contribution in [3.8, 4) is 45.3 Å². The maximum absolute atomic E-state index is 6.82. The quantitative estimate of drug-likeness (QED) is 0.161. The van der Waals surface area contributed by atoms with Crippen molar-refractivity contribution < 1.29 is 13.9 Å². The zero-order chi connectivity index (χ0) is 35.2. The summed E-state index contributed by atoms with van der Waals surface area (Å²) < 4.78 is 20.0. The fourth-order valence-electron chi connectivity index (χ4n) is 10.2. The second-order valence-corrected chi connectivity index (χ2v) is 15.2. The van der Waals surface area contributed by atoms with Crippen LogP contribution in [0.1, 0.15) is 28.2 Å². The van der Waals surface area contributed by atoms with Crippen molar-refractivity contribution in [2.24, 2.45) is 0 Å². The molecule has 252 valence electrons. The highest BCUT2D eigenvalue weighted by molar-refractivity contribution is 6.92. The number of furan rings is 1. The number of para-hydroxylation sites is 4. The third-order valence-corrected chi connectivity index (χ3v) is 12.3. The summed E-state index contributed by atoms with van der Waals surface area (Å²) in [7, 11) is 0. The first-order chi connectivity index (χ1) is 26.7. The van der Waals surface area contributed by atoms with Gasteiger partial charge in [-0.15, -0.1) is 0 Å². The van der Waals surface area contributed by atoms with Gasteiger partial charge in [-0.3, -0.25) is 0 Å². The Labute approximate surface area is 311 Å². The largest absolute Gasteiger partial charge is 0.454 e. The molecule has 0 N–H and O–H groups in total. The third-order valence-electron chi connectivity index (χ3n) is 12.3. The molecular formula is C49H30BNO3. The molecule has 4 heterocycles. The molecule has 0 bridgehead atoms. The van der Waals surface area contributed by atoms with Crippen molar-refractivity contribution in [2.45, 2.75) is 19.3 Å². The van der Waals surface area contributed by atoms with Gasteiger partial charge < -0.3 is 18.7 Å². The molecule has 0 radical (unpaired) electrons. The fraction of sp³-hybridized carbons (Fsp3) is 0.0612. The monoisotopic (exact) mass is 691 g/mol. The van der Waals surface area contributed by atoms with Crippen LogP contribution in [0.15, 0.2) is 150 Å². The van der Waals surface area contributed by atoms with Crippen LogP contribution in [0, 0.1) is 6.92 Å². The summed E-state index contributed by atoms with van der Waals surface area (Å²) in [4.78, 5) is 2.54. The Kier molecular flexibility index (Phi) is 5.46. The molecule has 0 amide bonds. The van der Waals surface area contributed by atoms with E-state index in [0.717, 1.165) is 56.8 Å². The predicted molar refractivity (Wildman–Crippen MR) is 219 cm³/mol. The molecular weight excluding hydrogens is 661 g/mol. The number of ether oxygens (including phenoxy) is 2. The van der Waals surface area contributed by atoms with E-state index in [9.17, 15) is 0 Å². The summed E-state index contributed by atoms with van der Waals surface area (Å²) in [6, 6.07) is 52.6. The molecule has 3 aliphatic heterocycles. The lowest BCUT2D eigenvalue weighted by molar-refractivity contribution is 0.360. The van der Waals surface area contributed by atoms with Gasteiger partial charge in [0.2, 0.25) is 0 Å². The van der Waals surface area contributed by atoms with Crippen LogP contribution in [0.3, 0.4) is 0 Å². The van der Waals surface area contributed by atoms with Gasteiger partial charge in [0.15, 0.2) is 28.6 Å². The molecule has 1 aliphatic carbocycles. The van der Waals surface area contributed by atoms with E-state index in [0.29, 0.717) is 11.5 Å². The van der Waals surface area contributed by atoms with Crippen LogP contribution in [-0.4, -0.2) is 6.85 Å². The van der Waals surface area contributed by atoms with Gasteiger partial charge in [0.05, 0.1) is 5.69 Å². The highest BCUT2D eigenvalue weighted by atomic mass is 16.6. The molecule has 54 heavy (non-hydrogen) atoms. The molecule has 1 atom stereocenters. The first-order valence-corrected chi connectivity index (χ1v) is 18.8. The maximum Gasteiger partial charge on any atom is 0.329 e. The number of benzene rings is 8. The standard InChI is InChI=1S/C49H30BNO3/c1-27-22-36-34-25-44-45(53-43-19-7-6-18-42(43)52-44)26-40(34)51(39-16-9-13-32-31-12-4-5-17-41(31)54-49(32)39)50-38-15-8-14-33-46-29(21-20-28-10-2-3-11-30(28)46)24-35(47(33)38)37(23-27)48(36)50/h2-23,25-26,35H,24H2,1H3. The average molecular weight is 692 g/mol. The van der Waals surface area contributed by atoms with Gasteiger partial charge in [0.25, 0.3) is 0 Å². The van der Waals surface area contributed by atoms with Gasteiger partial charge in [0, 0.05) is 34.0 Å². The van der Waals surface area contributed by atoms with E-state index in [1.54, 1.807) is 0 Å². The highest BCUT2D eigenvalue weighted by Crippen LogP contribution is 2.55. The SMILES string of the molecule is Cc1cc2c3c(c1)C1Cc4ccc5ccccc5c4-c4cccc(c41)B3N(c1cccc3c1oc1ccccc13)c1cc3c(cc1-2)Oc1ccccc1O3. The number of anilines is 2.